The molecule has 0 spiro atoms. The second-order valence-electron chi connectivity index (χ2n) is 5.61. The van der Waals surface area contributed by atoms with Crippen molar-refractivity contribution in [3.63, 3.8) is 0 Å². The summed E-state index contributed by atoms with van der Waals surface area (Å²) in [6.45, 7) is 5.46. The Morgan fingerprint density at radius 2 is 2.24 bits per heavy atom. The van der Waals surface area contributed by atoms with Crippen LogP contribution in [0, 0.1) is 0 Å². The largest absolute Gasteiger partial charge is 0.310 e. The second-order valence-corrected chi connectivity index (χ2v) is 6.78. The van der Waals surface area contributed by atoms with Crippen molar-refractivity contribution in [2.75, 3.05) is 6.54 Å². The Morgan fingerprint density at radius 3 is 3.00 bits per heavy atom. The maximum Gasteiger partial charge on any atom is 0.169 e. The van der Waals surface area contributed by atoms with E-state index in [-0.39, 0.29) is 0 Å². The van der Waals surface area contributed by atoms with Gasteiger partial charge in [-0.2, -0.15) is 0 Å². The van der Waals surface area contributed by atoms with E-state index < -0.39 is 0 Å². The van der Waals surface area contributed by atoms with Crippen LogP contribution >= 0.6 is 11.3 Å². The number of thiophene rings is 1. The van der Waals surface area contributed by atoms with Gasteiger partial charge in [0.2, 0.25) is 0 Å². The van der Waals surface area contributed by atoms with Gasteiger partial charge in [-0.3, -0.25) is 0 Å². The van der Waals surface area contributed by atoms with Crippen LogP contribution in [0.4, 0.5) is 0 Å². The van der Waals surface area contributed by atoms with Crippen molar-refractivity contribution in [3.8, 4) is 10.7 Å². The van der Waals surface area contributed by atoms with Crippen LogP contribution < -0.4 is 5.32 Å². The van der Waals surface area contributed by atoms with E-state index in [1.54, 1.807) is 0 Å². The monoisotopic (exact) mass is 301 g/mol. The highest BCUT2D eigenvalue weighted by Crippen LogP contribution is 2.31. The van der Waals surface area contributed by atoms with E-state index in [4.69, 9.17) is 4.98 Å². The van der Waals surface area contributed by atoms with Gasteiger partial charge in [0.1, 0.15) is 0 Å². The first-order valence-electron chi connectivity index (χ1n) is 8.00. The van der Waals surface area contributed by atoms with Crippen LogP contribution in [0.1, 0.15) is 55.3 Å². The topological polar surface area (TPSA) is 37.8 Å². The van der Waals surface area contributed by atoms with Gasteiger partial charge in [0.15, 0.2) is 5.82 Å². The lowest BCUT2D eigenvalue weighted by molar-refractivity contribution is 0.454. The van der Waals surface area contributed by atoms with Crippen LogP contribution in [0.15, 0.2) is 18.3 Å². The minimum absolute atomic E-state index is 0.442. The average molecular weight is 301 g/mol. The standard InChI is InChI=1S/C17H23N3S/c1-3-10-18-14-6-5-7-15-13(14)11-19-17(20-15)16-9-8-12(4-2)21-16/h8-9,11,14,18H,3-7,10H2,1-2H3. The van der Waals surface area contributed by atoms with Crippen molar-refractivity contribution in [2.24, 2.45) is 0 Å². The molecule has 0 aromatic carbocycles. The summed E-state index contributed by atoms with van der Waals surface area (Å²) in [5.74, 6) is 0.898. The highest BCUT2D eigenvalue weighted by atomic mass is 32.1. The van der Waals surface area contributed by atoms with Gasteiger partial charge in [-0.15, -0.1) is 11.3 Å². The number of fused-ring (bicyclic) bond motifs is 1. The molecule has 2 aromatic heterocycles. The summed E-state index contributed by atoms with van der Waals surface area (Å²) in [6.07, 6.45) is 7.80. The van der Waals surface area contributed by atoms with E-state index in [0.29, 0.717) is 6.04 Å². The highest BCUT2D eigenvalue weighted by Gasteiger charge is 2.22. The fraction of sp³-hybridized carbons (Fsp3) is 0.529. The third-order valence-corrected chi connectivity index (χ3v) is 5.28. The molecule has 1 N–H and O–H groups in total. The number of hydrogen-bond donors (Lipinski definition) is 1. The van der Waals surface area contributed by atoms with Crippen molar-refractivity contribution in [1.29, 1.82) is 0 Å². The molecule has 0 amide bonds. The van der Waals surface area contributed by atoms with Crippen molar-refractivity contribution in [1.82, 2.24) is 15.3 Å². The predicted octanol–water partition coefficient (Wildman–Crippen LogP) is 4.14. The lowest BCUT2D eigenvalue weighted by Gasteiger charge is -2.25. The molecule has 3 rings (SSSR count). The first-order chi connectivity index (χ1) is 10.3. The van der Waals surface area contributed by atoms with Crippen LogP contribution in [0.3, 0.4) is 0 Å². The maximum absolute atomic E-state index is 4.85. The minimum atomic E-state index is 0.442. The van der Waals surface area contributed by atoms with Crippen LogP contribution in [0.5, 0.6) is 0 Å². The zero-order chi connectivity index (χ0) is 14.7. The summed E-state index contributed by atoms with van der Waals surface area (Å²) >= 11 is 1.81. The normalized spacial score (nSPS) is 17.7. The van der Waals surface area contributed by atoms with Crippen LogP contribution in [0.2, 0.25) is 0 Å². The molecule has 0 aliphatic heterocycles. The number of aromatic nitrogens is 2. The van der Waals surface area contributed by atoms with Gasteiger partial charge in [-0.1, -0.05) is 13.8 Å². The molecule has 0 radical (unpaired) electrons. The Hall–Kier alpha value is -1.26. The first-order valence-corrected chi connectivity index (χ1v) is 8.81. The summed E-state index contributed by atoms with van der Waals surface area (Å²) < 4.78 is 0. The summed E-state index contributed by atoms with van der Waals surface area (Å²) in [7, 11) is 0. The molecule has 112 valence electrons. The van der Waals surface area contributed by atoms with Crippen molar-refractivity contribution >= 4 is 11.3 Å². The van der Waals surface area contributed by atoms with E-state index >= 15 is 0 Å². The molecule has 21 heavy (non-hydrogen) atoms. The SMILES string of the molecule is CCCNC1CCCc2nc(-c3ccc(CC)s3)ncc21. The summed E-state index contributed by atoms with van der Waals surface area (Å²) in [6, 6.07) is 4.78. The Morgan fingerprint density at radius 1 is 1.33 bits per heavy atom. The fourth-order valence-corrected chi connectivity index (χ4v) is 3.77. The quantitative estimate of drug-likeness (QED) is 0.901. The van der Waals surface area contributed by atoms with Gasteiger partial charge < -0.3 is 5.32 Å². The zero-order valence-electron chi connectivity index (χ0n) is 12.9. The number of aryl methyl sites for hydroxylation is 2. The third kappa shape index (κ3) is 3.16. The minimum Gasteiger partial charge on any atom is -0.310 e. The van der Waals surface area contributed by atoms with Gasteiger partial charge in [-0.25, -0.2) is 9.97 Å². The molecule has 0 saturated heterocycles. The smallest absolute Gasteiger partial charge is 0.169 e. The lowest BCUT2D eigenvalue weighted by atomic mass is 9.92. The van der Waals surface area contributed by atoms with Crippen molar-refractivity contribution in [3.05, 3.63) is 34.5 Å². The molecule has 1 aliphatic rings. The van der Waals surface area contributed by atoms with Crippen molar-refractivity contribution in [2.45, 2.75) is 52.0 Å². The van der Waals surface area contributed by atoms with E-state index in [9.17, 15) is 0 Å². The number of rotatable bonds is 5. The van der Waals surface area contributed by atoms with Crippen LogP contribution in [0.25, 0.3) is 10.7 Å². The molecular formula is C17H23N3S. The van der Waals surface area contributed by atoms with E-state index in [0.717, 1.165) is 25.2 Å². The number of nitrogens with one attached hydrogen (secondary N) is 1. The maximum atomic E-state index is 4.85. The molecule has 0 saturated carbocycles. The third-order valence-electron chi connectivity index (χ3n) is 4.05. The average Bonchev–Trinajstić information content (AvgIpc) is 3.01. The highest BCUT2D eigenvalue weighted by molar-refractivity contribution is 7.15. The number of nitrogens with zero attached hydrogens (tertiary/aromatic N) is 2. The molecule has 2 heterocycles. The molecule has 0 fully saturated rings. The number of hydrogen-bond acceptors (Lipinski definition) is 4. The van der Waals surface area contributed by atoms with Crippen molar-refractivity contribution < 1.29 is 0 Å². The summed E-state index contributed by atoms with van der Waals surface area (Å²) in [5.41, 5.74) is 2.55. The Labute approximate surface area is 130 Å². The van der Waals surface area contributed by atoms with E-state index in [1.807, 2.05) is 11.3 Å². The van der Waals surface area contributed by atoms with Gasteiger partial charge >= 0.3 is 0 Å². The Kier molecular flexibility index (Phi) is 4.66. The second kappa shape index (κ2) is 6.67. The molecule has 0 bridgehead atoms. The van der Waals surface area contributed by atoms with Gasteiger partial charge in [0.05, 0.1) is 4.88 Å². The molecule has 1 atom stereocenters. The van der Waals surface area contributed by atoms with Crippen LogP contribution in [-0.4, -0.2) is 16.5 Å². The predicted molar refractivity (Wildman–Crippen MR) is 88.7 cm³/mol. The van der Waals surface area contributed by atoms with Gasteiger partial charge in [0.25, 0.3) is 0 Å². The fourth-order valence-electron chi connectivity index (χ4n) is 2.88. The Balaban J connectivity index is 1.86. The lowest BCUT2D eigenvalue weighted by Crippen LogP contribution is -2.26. The molecular weight excluding hydrogens is 278 g/mol. The molecule has 3 nitrogen and oxygen atoms in total. The Bertz CT molecular complexity index is 606. The molecule has 1 unspecified atom stereocenters. The zero-order valence-corrected chi connectivity index (χ0v) is 13.7. The van der Waals surface area contributed by atoms with Gasteiger partial charge in [-0.05, 0) is 50.8 Å². The first kappa shape index (κ1) is 14.7. The molecule has 2 aromatic rings. The van der Waals surface area contributed by atoms with E-state index in [2.05, 4.69) is 42.5 Å². The van der Waals surface area contributed by atoms with Crippen LogP contribution in [-0.2, 0) is 12.8 Å². The molecule has 4 heteroatoms. The van der Waals surface area contributed by atoms with E-state index in [1.165, 1.54) is 40.3 Å². The molecule has 1 aliphatic carbocycles. The van der Waals surface area contributed by atoms with Gasteiger partial charge in [0, 0.05) is 28.4 Å². The summed E-state index contributed by atoms with van der Waals surface area (Å²) in [5, 5.41) is 3.62. The summed E-state index contributed by atoms with van der Waals surface area (Å²) in [4.78, 5) is 12.1.